The quantitative estimate of drug-likeness (QED) is 0.574. The molecule has 31 heavy (non-hydrogen) atoms. The molecular weight excluding hydrogens is 458 g/mol. The van der Waals surface area contributed by atoms with Gasteiger partial charge in [0.05, 0.1) is 21.0 Å². The Hall–Kier alpha value is -2.01. The Morgan fingerprint density at radius 1 is 1.19 bits per heavy atom. The van der Waals surface area contributed by atoms with Crippen LogP contribution in [0.1, 0.15) is 40.5 Å². The lowest BCUT2D eigenvalue weighted by Crippen LogP contribution is -2.50. The second-order valence-corrected chi connectivity index (χ2v) is 11.9. The summed E-state index contributed by atoms with van der Waals surface area (Å²) in [6.45, 7) is 3.05. The molecule has 3 aromatic rings. The fraction of sp³-hybridized carbons (Fsp3) is 0.450. The van der Waals surface area contributed by atoms with Crippen LogP contribution in [0.2, 0.25) is 4.34 Å². The van der Waals surface area contributed by atoms with Gasteiger partial charge >= 0.3 is 0 Å². The summed E-state index contributed by atoms with van der Waals surface area (Å²) in [7, 11) is -1.76. The van der Waals surface area contributed by atoms with Crippen LogP contribution in [0.25, 0.3) is 11.0 Å². The number of fused-ring (bicyclic) bond motifs is 1. The van der Waals surface area contributed by atoms with E-state index in [1.165, 1.54) is 10.4 Å². The third kappa shape index (κ3) is 3.65. The summed E-state index contributed by atoms with van der Waals surface area (Å²) in [5, 5.41) is 5.24. The van der Waals surface area contributed by atoms with Crippen molar-refractivity contribution in [1.29, 1.82) is 0 Å². The number of thiophene rings is 1. The van der Waals surface area contributed by atoms with Crippen LogP contribution < -0.4 is 0 Å². The van der Waals surface area contributed by atoms with Crippen LogP contribution in [-0.4, -0.2) is 64.5 Å². The SMILES string of the molecule is Cc1nn(C)c2nc(C3CC3)cc(C(=O)N3CCN(S(=O)(=O)c4ccc(Cl)s4)CC3)c12. The fourth-order valence-corrected chi connectivity index (χ4v) is 7.15. The average molecular weight is 480 g/mol. The molecule has 2 fully saturated rings. The maximum atomic E-state index is 13.5. The van der Waals surface area contributed by atoms with Gasteiger partial charge in [0, 0.05) is 44.8 Å². The first-order valence-electron chi connectivity index (χ1n) is 10.1. The highest BCUT2D eigenvalue weighted by molar-refractivity contribution is 7.91. The molecule has 0 spiro atoms. The molecule has 0 bridgehead atoms. The van der Waals surface area contributed by atoms with Crippen molar-refractivity contribution in [3.8, 4) is 0 Å². The number of pyridine rings is 1. The number of piperazine rings is 1. The Kier molecular flexibility index (Phi) is 5.08. The molecule has 164 valence electrons. The molecule has 1 saturated heterocycles. The zero-order chi connectivity index (χ0) is 21.9. The first-order chi connectivity index (χ1) is 14.8. The number of carbonyl (C=O) groups is 1. The monoisotopic (exact) mass is 479 g/mol. The Morgan fingerprint density at radius 3 is 2.52 bits per heavy atom. The van der Waals surface area contributed by atoms with Gasteiger partial charge in [0.15, 0.2) is 5.65 Å². The van der Waals surface area contributed by atoms with Crippen molar-refractivity contribution in [2.45, 2.75) is 29.9 Å². The minimum atomic E-state index is -3.60. The minimum Gasteiger partial charge on any atom is -0.336 e. The molecule has 0 aromatic carbocycles. The molecule has 4 heterocycles. The molecule has 1 amide bonds. The minimum absolute atomic E-state index is 0.0957. The van der Waals surface area contributed by atoms with Gasteiger partial charge in [-0.1, -0.05) is 11.6 Å². The molecule has 1 aliphatic carbocycles. The van der Waals surface area contributed by atoms with Gasteiger partial charge in [0.1, 0.15) is 4.21 Å². The number of hydrogen-bond acceptors (Lipinski definition) is 6. The molecule has 0 atom stereocenters. The first kappa shape index (κ1) is 20.9. The largest absolute Gasteiger partial charge is 0.336 e. The number of hydrogen-bond donors (Lipinski definition) is 0. The summed E-state index contributed by atoms with van der Waals surface area (Å²) < 4.78 is 29.5. The van der Waals surface area contributed by atoms with Crippen molar-refractivity contribution in [2.24, 2.45) is 7.05 Å². The standard InChI is InChI=1S/C20H22ClN5O3S2/c1-12-18-14(11-15(13-3-4-13)22-19(18)24(2)23-12)20(27)25-7-9-26(10-8-25)31(28,29)17-6-5-16(21)30-17/h5-6,11,13H,3-4,7-10H2,1-2H3. The number of amides is 1. The normalized spacial score (nSPS) is 18.1. The van der Waals surface area contributed by atoms with Crippen LogP contribution in [0.5, 0.6) is 0 Å². The topological polar surface area (TPSA) is 88.4 Å². The second kappa shape index (κ2) is 7.54. The molecule has 5 rings (SSSR count). The zero-order valence-corrected chi connectivity index (χ0v) is 19.6. The van der Waals surface area contributed by atoms with Gasteiger partial charge in [-0.05, 0) is 38.0 Å². The molecule has 0 N–H and O–H groups in total. The van der Waals surface area contributed by atoms with E-state index >= 15 is 0 Å². The van der Waals surface area contributed by atoms with E-state index in [9.17, 15) is 13.2 Å². The molecule has 0 radical (unpaired) electrons. The van der Waals surface area contributed by atoms with Gasteiger partial charge < -0.3 is 4.90 Å². The van der Waals surface area contributed by atoms with E-state index in [-0.39, 0.29) is 23.2 Å². The molecule has 8 nitrogen and oxygen atoms in total. The lowest BCUT2D eigenvalue weighted by Gasteiger charge is -2.34. The van der Waals surface area contributed by atoms with Crippen molar-refractivity contribution in [1.82, 2.24) is 24.0 Å². The lowest BCUT2D eigenvalue weighted by molar-refractivity contribution is 0.0699. The highest BCUT2D eigenvalue weighted by atomic mass is 35.5. The Balaban J connectivity index is 1.40. The second-order valence-electron chi connectivity index (χ2n) is 8.03. The van der Waals surface area contributed by atoms with E-state index in [0.29, 0.717) is 28.9 Å². The van der Waals surface area contributed by atoms with Gasteiger partial charge in [-0.25, -0.2) is 13.4 Å². The highest BCUT2D eigenvalue weighted by Crippen LogP contribution is 2.40. The van der Waals surface area contributed by atoms with Crippen LogP contribution in [0, 0.1) is 6.92 Å². The predicted molar refractivity (Wildman–Crippen MR) is 119 cm³/mol. The van der Waals surface area contributed by atoms with Crippen molar-refractivity contribution >= 4 is 49.9 Å². The number of carbonyl (C=O) groups excluding carboxylic acids is 1. The predicted octanol–water partition coefficient (Wildman–Crippen LogP) is 3.02. The lowest BCUT2D eigenvalue weighted by atomic mass is 10.1. The number of halogens is 1. The van der Waals surface area contributed by atoms with Crippen LogP contribution in [-0.2, 0) is 17.1 Å². The first-order valence-corrected chi connectivity index (χ1v) is 12.8. The number of aryl methyl sites for hydroxylation is 2. The van der Waals surface area contributed by atoms with Gasteiger partial charge in [-0.15, -0.1) is 11.3 Å². The van der Waals surface area contributed by atoms with E-state index < -0.39 is 10.0 Å². The molecule has 0 unspecified atom stereocenters. The summed E-state index contributed by atoms with van der Waals surface area (Å²) in [6, 6.07) is 5.02. The molecule has 3 aromatic heterocycles. The summed E-state index contributed by atoms with van der Waals surface area (Å²) in [5.41, 5.74) is 3.04. The molecule has 11 heteroatoms. The summed E-state index contributed by atoms with van der Waals surface area (Å²) in [5.74, 6) is 0.312. The van der Waals surface area contributed by atoms with Crippen molar-refractivity contribution in [2.75, 3.05) is 26.2 Å². The van der Waals surface area contributed by atoms with E-state index in [2.05, 4.69) is 5.10 Å². The maximum Gasteiger partial charge on any atom is 0.254 e. The highest BCUT2D eigenvalue weighted by Gasteiger charge is 2.33. The Morgan fingerprint density at radius 2 is 1.90 bits per heavy atom. The van der Waals surface area contributed by atoms with E-state index in [1.807, 2.05) is 20.0 Å². The van der Waals surface area contributed by atoms with Gasteiger partial charge in [0.25, 0.3) is 15.9 Å². The number of rotatable bonds is 4. The van der Waals surface area contributed by atoms with Crippen LogP contribution in [0.15, 0.2) is 22.4 Å². The summed E-state index contributed by atoms with van der Waals surface area (Å²) >= 11 is 6.96. The van der Waals surface area contributed by atoms with Gasteiger partial charge in [-0.2, -0.15) is 9.40 Å². The maximum absolute atomic E-state index is 13.5. The van der Waals surface area contributed by atoms with Gasteiger partial charge in [0.2, 0.25) is 0 Å². The Bertz CT molecular complexity index is 1290. The number of aromatic nitrogens is 3. The zero-order valence-electron chi connectivity index (χ0n) is 17.2. The third-order valence-corrected chi connectivity index (χ3v) is 9.48. The molecule has 1 aliphatic heterocycles. The van der Waals surface area contributed by atoms with E-state index in [4.69, 9.17) is 16.6 Å². The number of sulfonamides is 1. The molecule has 1 saturated carbocycles. The van der Waals surface area contributed by atoms with E-state index in [1.54, 1.807) is 15.6 Å². The summed E-state index contributed by atoms with van der Waals surface area (Å²) in [6.07, 6.45) is 2.18. The Labute approximate surface area is 189 Å². The molecular formula is C20H22ClN5O3S2. The van der Waals surface area contributed by atoms with Crippen molar-refractivity contribution < 1.29 is 13.2 Å². The van der Waals surface area contributed by atoms with Gasteiger partial charge in [-0.3, -0.25) is 9.48 Å². The number of nitrogens with zero attached hydrogens (tertiary/aromatic N) is 5. The van der Waals surface area contributed by atoms with Crippen molar-refractivity contribution in [3.63, 3.8) is 0 Å². The van der Waals surface area contributed by atoms with Crippen molar-refractivity contribution in [3.05, 3.63) is 39.5 Å². The summed E-state index contributed by atoms with van der Waals surface area (Å²) in [4.78, 5) is 20.0. The third-order valence-electron chi connectivity index (χ3n) is 5.88. The van der Waals surface area contributed by atoms with E-state index in [0.717, 1.165) is 46.6 Å². The fourth-order valence-electron chi connectivity index (χ4n) is 4.09. The smallest absolute Gasteiger partial charge is 0.254 e. The average Bonchev–Trinajstić information content (AvgIpc) is 3.45. The van der Waals surface area contributed by atoms with Crippen LogP contribution >= 0.6 is 22.9 Å². The van der Waals surface area contributed by atoms with Crippen LogP contribution in [0.4, 0.5) is 0 Å². The van der Waals surface area contributed by atoms with Crippen LogP contribution in [0.3, 0.4) is 0 Å². The molecule has 2 aliphatic rings.